The van der Waals surface area contributed by atoms with Crippen LogP contribution < -0.4 is 4.74 Å². The number of esters is 1. The van der Waals surface area contributed by atoms with Crippen molar-refractivity contribution in [2.75, 3.05) is 0 Å². The molecule has 1 aromatic heterocycles. The Kier molecular flexibility index (Phi) is 5.11. The second-order valence-electron chi connectivity index (χ2n) is 4.77. The molecule has 0 radical (unpaired) electrons. The molecule has 0 spiro atoms. The molecule has 124 valence electrons. The summed E-state index contributed by atoms with van der Waals surface area (Å²) in [7, 11) is 2.96. The van der Waals surface area contributed by atoms with E-state index in [-0.39, 0.29) is 17.0 Å². The van der Waals surface area contributed by atoms with Gasteiger partial charge in [0.2, 0.25) is 0 Å². The van der Waals surface area contributed by atoms with Crippen molar-refractivity contribution in [2.45, 2.75) is 0 Å². The van der Waals surface area contributed by atoms with Crippen molar-refractivity contribution in [1.82, 2.24) is 0 Å². The van der Waals surface area contributed by atoms with Gasteiger partial charge >= 0.3 is 5.97 Å². The van der Waals surface area contributed by atoms with Crippen molar-refractivity contribution >= 4 is 44.6 Å². The van der Waals surface area contributed by atoms with Gasteiger partial charge in [-0.2, -0.15) is 0 Å². The molecule has 0 aliphatic heterocycles. The molecule has 2 aromatic carbocycles. The fraction of sp³-hybridized carbons (Fsp3) is 0. The first-order chi connectivity index (χ1) is 12.1. The van der Waals surface area contributed by atoms with Crippen LogP contribution in [0.25, 0.3) is 20.9 Å². The van der Waals surface area contributed by atoms with Gasteiger partial charge in [0.1, 0.15) is 20.9 Å². The molecule has 0 unspecified atom stereocenters. The van der Waals surface area contributed by atoms with E-state index < -0.39 is 5.97 Å². The van der Waals surface area contributed by atoms with E-state index >= 15 is 0 Å². The van der Waals surface area contributed by atoms with Crippen molar-refractivity contribution in [3.63, 3.8) is 0 Å². The normalized spacial score (nSPS) is 10.1. The second-order valence-corrected chi connectivity index (χ2v) is 7.68. The quantitative estimate of drug-likeness (QED) is 0.112. The van der Waals surface area contributed by atoms with Crippen molar-refractivity contribution in [2.24, 2.45) is 5.11 Å². The van der Waals surface area contributed by atoms with Crippen LogP contribution >= 0.6 is 32.9 Å². The molecule has 0 aliphatic carbocycles. The van der Waals surface area contributed by atoms with Crippen LogP contribution in [0.5, 0.6) is 11.5 Å². The lowest BCUT2D eigenvalue weighted by Gasteiger charge is -2.10. The van der Waals surface area contributed by atoms with Crippen LogP contribution in [0.2, 0.25) is 0 Å². The molecule has 25 heavy (non-hydrogen) atoms. The Morgan fingerprint density at radius 1 is 1.20 bits per heavy atom. The lowest BCUT2D eigenvalue weighted by atomic mass is 10.1. The van der Waals surface area contributed by atoms with Crippen LogP contribution in [0.1, 0.15) is 10.4 Å². The van der Waals surface area contributed by atoms with Crippen LogP contribution in [-0.4, -0.2) is 11.1 Å². The van der Waals surface area contributed by atoms with Crippen molar-refractivity contribution in [3.8, 4) is 21.9 Å². The summed E-state index contributed by atoms with van der Waals surface area (Å²) in [6.07, 6.45) is 0. The number of nitrogens with zero attached hydrogens (tertiary/aromatic N) is 3. The summed E-state index contributed by atoms with van der Waals surface area (Å²) < 4.78 is 6.20. The number of benzene rings is 2. The van der Waals surface area contributed by atoms with E-state index in [9.17, 15) is 9.90 Å². The molecule has 0 bridgehead atoms. The summed E-state index contributed by atoms with van der Waals surface area (Å²) in [5.41, 5.74) is 9.35. The van der Waals surface area contributed by atoms with Gasteiger partial charge in [0, 0.05) is 16.2 Å². The molecule has 0 saturated heterocycles. The van der Waals surface area contributed by atoms with Gasteiger partial charge in [-0.25, -0.2) is 4.79 Å². The fourth-order valence-corrected chi connectivity index (χ4v) is 4.49. The zero-order valence-electron chi connectivity index (χ0n) is 12.4. The number of ether oxygens (including phenoxy) is 1. The Balaban J connectivity index is 1.96. The minimum atomic E-state index is -0.751. The summed E-state index contributed by atoms with van der Waals surface area (Å²) in [5, 5.41) is 13.3. The van der Waals surface area contributed by atoms with Gasteiger partial charge in [-0.1, -0.05) is 50.1 Å². The van der Waals surface area contributed by atoms with Gasteiger partial charge in [-0.05, 0) is 41.9 Å². The maximum atomic E-state index is 12.4. The first-order valence-electron chi connectivity index (χ1n) is 6.88. The molecule has 0 aliphatic rings. The molecule has 1 N–H and O–H groups in total. The Morgan fingerprint density at radius 2 is 2.00 bits per heavy atom. The largest absolute Gasteiger partial charge is 0.507 e. The number of hydrogen-bond donors (Lipinski definition) is 1. The zero-order valence-corrected chi connectivity index (χ0v) is 14.9. The number of hydrogen-bond acceptors (Lipinski definition) is 7. The van der Waals surface area contributed by atoms with Crippen molar-refractivity contribution in [3.05, 3.63) is 68.4 Å². The molecule has 3 rings (SSSR count). The highest BCUT2D eigenvalue weighted by atomic mass is 32.9. The van der Waals surface area contributed by atoms with Gasteiger partial charge in [-0.15, -0.1) is 0 Å². The van der Waals surface area contributed by atoms with Crippen molar-refractivity contribution in [1.29, 1.82) is 0 Å². The summed E-state index contributed by atoms with van der Waals surface area (Å²) in [6.45, 7) is 0. The van der Waals surface area contributed by atoms with Gasteiger partial charge in [-0.3, -0.25) is 0 Å². The second kappa shape index (κ2) is 7.45. The Hall–Kier alpha value is -2.71. The van der Waals surface area contributed by atoms with Gasteiger partial charge < -0.3 is 9.84 Å². The fourth-order valence-electron chi connectivity index (χ4n) is 2.08. The van der Waals surface area contributed by atoms with E-state index in [1.54, 1.807) is 12.1 Å². The highest BCUT2D eigenvalue weighted by Gasteiger charge is 2.17. The van der Waals surface area contributed by atoms with Gasteiger partial charge in [0.05, 0.1) is 4.88 Å². The van der Waals surface area contributed by atoms with E-state index in [0.717, 1.165) is 14.3 Å². The zero-order chi connectivity index (χ0) is 17.8. The molecule has 0 amide bonds. The molecule has 9 heteroatoms. The summed E-state index contributed by atoms with van der Waals surface area (Å²) >= 11 is 5.15. The number of para-hydroxylation sites is 1. The van der Waals surface area contributed by atoms with Gasteiger partial charge in [0.25, 0.3) is 0 Å². The van der Waals surface area contributed by atoms with Crippen LogP contribution in [0.4, 0.5) is 5.69 Å². The number of carbonyl (C=O) groups is 1. The predicted molar refractivity (Wildman–Crippen MR) is 100 cm³/mol. The lowest BCUT2D eigenvalue weighted by Crippen LogP contribution is -2.09. The number of azide groups is 1. The van der Waals surface area contributed by atoms with Crippen LogP contribution in [0.3, 0.4) is 0 Å². The van der Waals surface area contributed by atoms with Crippen LogP contribution in [0.15, 0.2) is 53.6 Å². The van der Waals surface area contributed by atoms with Gasteiger partial charge in [0.15, 0.2) is 0 Å². The highest BCUT2D eigenvalue weighted by molar-refractivity contribution is 7.80. The summed E-state index contributed by atoms with van der Waals surface area (Å²) in [4.78, 5) is 16.0. The Labute approximate surface area is 154 Å². The summed E-state index contributed by atoms with van der Waals surface area (Å²) in [5.74, 6) is -0.658. The van der Waals surface area contributed by atoms with Crippen LogP contribution in [-0.2, 0) is 0 Å². The number of carbonyl (C=O) groups excluding carboxylic acids is 1. The minimum Gasteiger partial charge on any atom is -0.507 e. The maximum absolute atomic E-state index is 12.4. The first-order valence-corrected chi connectivity index (χ1v) is 9.44. The van der Waals surface area contributed by atoms with E-state index in [1.807, 2.05) is 18.2 Å². The minimum absolute atomic E-state index is 0.0855. The SMILES string of the molecule is [N-]=[N+]=Nc1ccc(O)c(C(=O)Oc2ccccc2-c2cc(=S)ss2)c1. The van der Waals surface area contributed by atoms with Crippen LogP contribution in [0, 0.1) is 3.82 Å². The molecule has 0 fully saturated rings. The van der Waals surface area contributed by atoms with E-state index in [1.165, 1.54) is 38.9 Å². The summed E-state index contributed by atoms with van der Waals surface area (Å²) in [6, 6.07) is 12.9. The molecule has 0 atom stereocenters. The third-order valence-corrected chi connectivity index (χ3v) is 6.07. The molecular formula is C16H9N3O3S3. The molecule has 3 aromatic rings. The predicted octanol–water partition coefficient (Wildman–Crippen LogP) is 6.07. The number of aromatic hydroxyl groups is 1. The first kappa shape index (κ1) is 17.1. The maximum Gasteiger partial charge on any atom is 0.347 e. The molecule has 1 heterocycles. The lowest BCUT2D eigenvalue weighted by molar-refractivity contribution is 0.0732. The van der Waals surface area contributed by atoms with E-state index in [0.29, 0.717) is 5.75 Å². The third kappa shape index (κ3) is 3.86. The molecule has 0 saturated carbocycles. The smallest absolute Gasteiger partial charge is 0.347 e. The van der Waals surface area contributed by atoms with E-state index in [2.05, 4.69) is 10.0 Å². The Morgan fingerprint density at radius 3 is 2.72 bits per heavy atom. The third-order valence-electron chi connectivity index (χ3n) is 3.18. The molecule has 6 nitrogen and oxygen atoms in total. The highest BCUT2D eigenvalue weighted by Crippen LogP contribution is 2.36. The molecular weight excluding hydrogens is 378 g/mol. The number of phenols is 1. The monoisotopic (exact) mass is 387 g/mol. The number of phenolic OH excluding ortho intramolecular Hbond substituents is 1. The Bertz CT molecular complexity index is 1050. The standard InChI is InChI=1S/C16H9N3O3S3/c17-19-18-9-5-6-12(20)11(7-9)16(21)22-13-4-2-1-3-10(13)14-8-15(23)25-24-14/h1-8,20H. The van der Waals surface area contributed by atoms with E-state index in [4.69, 9.17) is 22.5 Å². The van der Waals surface area contributed by atoms with Crippen molar-refractivity contribution < 1.29 is 14.6 Å². The average molecular weight is 387 g/mol. The number of rotatable bonds is 4. The average Bonchev–Trinajstić information content (AvgIpc) is 3.03. The topological polar surface area (TPSA) is 95.3 Å².